The minimum Gasteiger partial charge on any atom is -0.381 e. The summed E-state index contributed by atoms with van der Waals surface area (Å²) < 4.78 is 5.47. The molecule has 0 radical (unpaired) electrons. The molecule has 0 aliphatic carbocycles. The largest absolute Gasteiger partial charge is 0.381 e. The Hall–Kier alpha value is -0.900. The van der Waals surface area contributed by atoms with Crippen molar-refractivity contribution in [1.82, 2.24) is 4.90 Å². The molecular weight excluding hydrogens is 236 g/mol. The molecule has 0 amide bonds. The molecule has 1 aromatic carbocycles. The summed E-state index contributed by atoms with van der Waals surface area (Å²) in [5.41, 5.74) is 8.66. The molecule has 0 spiro atoms. The highest BCUT2D eigenvalue weighted by molar-refractivity contribution is 5.28. The highest BCUT2D eigenvalue weighted by Crippen LogP contribution is 2.34. The zero-order valence-corrected chi connectivity index (χ0v) is 11.7. The number of rotatable bonds is 3. The van der Waals surface area contributed by atoms with Crippen molar-refractivity contribution in [3.05, 3.63) is 35.4 Å². The summed E-state index contributed by atoms with van der Waals surface area (Å²) in [4.78, 5) is 2.44. The first-order valence-corrected chi connectivity index (χ1v) is 7.36. The quantitative estimate of drug-likeness (QED) is 0.905. The van der Waals surface area contributed by atoms with E-state index in [1.165, 1.54) is 17.5 Å². The maximum Gasteiger partial charge on any atom is 0.0535 e. The van der Waals surface area contributed by atoms with Gasteiger partial charge in [0.1, 0.15) is 0 Å². The molecule has 3 rings (SSSR count). The lowest BCUT2D eigenvalue weighted by Crippen LogP contribution is -2.20. The summed E-state index contributed by atoms with van der Waals surface area (Å²) in [5.74, 6) is 1.25. The molecule has 3 heteroatoms. The Morgan fingerprint density at radius 3 is 2.58 bits per heavy atom. The lowest BCUT2D eigenvalue weighted by Gasteiger charge is -2.20. The van der Waals surface area contributed by atoms with Crippen LogP contribution in [0.4, 0.5) is 0 Å². The SMILES string of the molecule is CN1CC(CN)CC1c1ccc(C2CCOC2)cc1. The number of hydrogen-bond acceptors (Lipinski definition) is 3. The van der Waals surface area contributed by atoms with Crippen LogP contribution in [0.15, 0.2) is 24.3 Å². The zero-order chi connectivity index (χ0) is 13.2. The van der Waals surface area contributed by atoms with Gasteiger partial charge in [-0.1, -0.05) is 24.3 Å². The van der Waals surface area contributed by atoms with Crippen LogP contribution in [0.1, 0.15) is 35.9 Å². The van der Waals surface area contributed by atoms with Gasteiger partial charge >= 0.3 is 0 Å². The normalized spacial score (nSPS) is 32.0. The van der Waals surface area contributed by atoms with Crippen LogP contribution in [0.25, 0.3) is 0 Å². The predicted molar refractivity (Wildman–Crippen MR) is 77.2 cm³/mol. The first kappa shape index (κ1) is 13.1. The number of nitrogens with zero attached hydrogens (tertiary/aromatic N) is 1. The molecule has 2 fully saturated rings. The molecule has 2 aliphatic rings. The van der Waals surface area contributed by atoms with Gasteiger partial charge in [0, 0.05) is 25.1 Å². The molecule has 2 heterocycles. The molecule has 3 atom stereocenters. The second-order valence-corrected chi connectivity index (χ2v) is 6.02. The molecule has 1 aromatic rings. The third-order valence-electron chi connectivity index (χ3n) is 4.69. The van der Waals surface area contributed by atoms with Crippen LogP contribution in [0.2, 0.25) is 0 Å². The summed E-state index contributed by atoms with van der Waals surface area (Å²) in [6.07, 6.45) is 2.36. The van der Waals surface area contributed by atoms with E-state index in [1.54, 1.807) is 0 Å². The van der Waals surface area contributed by atoms with E-state index in [9.17, 15) is 0 Å². The van der Waals surface area contributed by atoms with E-state index in [0.29, 0.717) is 17.9 Å². The van der Waals surface area contributed by atoms with Gasteiger partial charge in [-0.3, -0.25) is 4.90 Å². The van der Waals surface area contributed by atoms with Gasteiger partial charge in [0.2, 0.25) is 0 Å². The third-order valence-corrected chi connectivity index (χ3v) is 4.69. The molecule has 0 saturated carbocycles. The van der Waals surface area contributed by atoms with Gasteiger partial charge in [-0.05, 0) is 43.5 Å². The van der Waals surface area contributed by atoms with Gasteiger partial charge in [0.15, 0.2) is 0 Å². The fourth-order valence-electron chi connectivity index (χ4n) is 3.45. The summed E-state index contributed by atoms with van der Waals surface area (Å²) >= 11 is 0. The smallest absolute Gasteiger partial charge is 0.0535 e. The number of hydrogen-bond donors (Lipinski definition) is 1. The minimum atomic E-state index is 0.544. The summed E-state index contributed by atoms with van der Waals surface area (Å²) in [6.45, 7) is 3.73. The Morgan fingerprint density at radius 2 is 2.00 bits per heavy atom. The number of benzene rings is 1. The second kappa shape index (κ2) is 5.61. The molecule has 2 saturated heterocycles. The Morgan fingerprint density at radius 1 is 1.26 bits per heavy atom. The second-order valence-electron chi connectivity index (χ2n) is 6.02. The van der Waals surface area contributed by atoms with Crippen molar-refractivity contribution in [3.63, 3.8) is 0 Å². The van der Waals surface area contributed by atoms with Crippen LogP contribution in [-0.2, 0) is 4.74 Å². The van der Waals surface area contributed by atoms with E-state index < -0.39 is 0 Å². The highest BCUT2D eigenvalue weighted by atomic mass is 16.5. The summed E-state index contributed by atoms with van der Waals surface area (Å²) in [6, 6.07) is 9.72. The maximum absolute atomic E-state index is 5.80. The average molecular weight is 260 g/mol. The van der Waals surface area contributed by atoms with Gasteiger partial charge in [0.25, 0.3) is 0 Å². The van der Waals surface area contributed by atoms with E-state index in [-0.39, 0.29) is 0 Å². The van der Waals surface area contributed by atoms with Gasteiger partial charge in [-0.15, -0.1) is 0 Å². The van der Waals surface area contributed by atoms with Crippen molar-refractivity contribution in [2.24, 2.45) is 11.7 Å². The predicted octanol–water partition coefficient (Wildman–Crippen LogP) is 2.14. The Balaban J connectivity index is 1.71. The van der Waals surface area contributed by atoms with E-state index in [2.05, 4.69) is 36.2 Å². The van der Waals surface area contributed by atoms with E-state index in [1.807, 2.05) is 0 Å². The van der Waals surface area contributed by atoms with Gasteiger partial charge < -0.3 is 10.5 Å². The topological polar surface area (TPSA) is 38.5 Å². The highest BCUT2D eigenvalue weighted by Gasteiger charge is 2.29. The number of nitrogens with two attached hydrogens (primary N) is 1. The monoisotopic (exact) mass is 260 g/mol. The molecule has 3 nitrogen and oxygen atoms in total. The van der Waals surface area contributed by atoms with Crippen molar-refractivity contribution in [2.75, 3.05) is 33.4 Å². The first-order chi connectivity index (χ1) is 9.28. The molecule has 104 valence electrons. The molecule has 0 aromatic heterocycles. The molecule has 3 unspecified atom stereocenters. The molecule has 19 heavy (non-hydrogen) atoms. The standard InChI is InChI=1S/C16H24N2O/c1-18-10-12(9-17)8-16(18)14-4-2-13(3-5-14)15-6-7-19-11-15/h2-5,12,15-16H,6-11,17H2,1H3. The maximum atomic E-state index is 5.80. The van der Waals surface area contributed by atoms with Crippen LogP contribution in [-0.4, -0.2) is 38.3 Å². The lowest BCUT2D eigenvalue weighted by atomic mass is 9.94. The van der Waals surface area contributed by atoms with E-state index in [4.69, 9.17) is 10.5 Å². The average Bonchev–Trinajstić information content (AvgIpc) is 3.08. The van der Waals surface area contributed by atoms with Crippen molar-refractivity contribution >= 4 is 0 Å². The van der Waals surface area contributed by atoms with Crippen LogP contribution in [0, 0.1) is 5.92 Å². The molecule has 2 N–H and O–H groups in total. The van der Waals surface area contributed by atoms with Gasteiger partial charge in [0.05, 0.1) is 6.61 Å². The van der Waals surface area contributed by atoms with Gasteiger partial charge in [-0.2, -0.15) is 0 Å². The molecule has 0 bridgehead atoms. The van der Waals surface area contributed by atoms with Gasteiger partial charge in [-0.25, -0.2) is 0 Å². The van der Waals surface area contributed by atoms with Crippen molar-refractivity contribution in [3.8, 4) is 0 Å². The Kier molecular flexibility index (Phi) is 3.87. The van der Waals surface area contributed by atoms with Crippen molar-refractivity contribution < 1.29 is 4.74 Å². The van der Waals surface area contributed by atoms with Crippen LogP contribution in [0.5, 0.6) is 0 Å². The van der Waals surface area contributed by atoms with Crippen LogP contribution < -0.4 is 5.73 Å². The van der Waals surface area contributed by atoms with Crippen LogP contribution in [0.3, 0.4) is 0 Å². The Bertz CT molecular complexity index is 411. The number of ether oxygens (including phenoxy) is 1. The molecule has 2 aliphatic heterocycles. The summed E-state index contributed by atoms with van der Waals surface area (Å²) in [7, 11) is 2.21. The van der Waals surface area contributed by atoms with E-state index in [0.717, 1.165) is 32.7 Å². The third kappa shape index (κ3) is 2.69. The number of likely N-dealkylation sites (tertiary alicyclic amines) is 1. The lowest BCUT2D eigenvalue weighted by molar-refractivity contribution is 0.194. The van der Waals surface area contributed by atoms with Crippen molar-refractivity contribution in [1.29, 1.82) is 0 Å². The summed E-state index contributed by atoms with van der Waals surface area (Å²) in [5, 5.41) is 0. The molecular formula is C16H24N2O. The van der Waals surface area contributed by atoms with Crippen LogP contribution >= 0.6 is 0 Å². The Labute approximate surface area is 115 Å². The zero-order valence-electron chi connectivity index (χ0n) is 11.7. The first-order valence-electron chi connectivity index (χ1n) is 7.36. The fourth-order valence-corrected chi connectivity index (χ4v) is 3.45. The van der Waals surface area contributed by atoms with Crippen molar-refractivity contribution in [2.45, 2.75) is 24.8 Å². The van der Waals surface area contributed by atoms with E-state index >= 15 is 0 Å². The fraction of sp³-hybridized carbons (Fsp3) is 0.625. The minimum absolute atomic E-state index is 0.544.